The molecule has 0 aliphatic carbocycles. The summed E-state index contributed by atoms with van der Waals surface area (Å²) in [6, 6.07) is 0. The highest BCUT2D eigenvalue weighted by Crippen LogP contribution is 2.61. The molecule has 0 bridgehead atoms. The van der Waals surface area contributed by atoms with Crippen molar-refractivity contribution in [2.24, 2.45) is 10.6 Å². The van der Waals surface area contributed by atoms with Crippen molar-refractivity contribution < 1.29 is 80.5 Å². The van der Waals surface area contributed by atoms with Crippen LogP contribution in [0.4, 0.5) is 5.82 Å². The van der Waals surface area contributed by atoms with E-state index in [1.807, 2.05) is 13.8 Å². The van der Waals surface area contributed by atoms with Crippen LogP contribution >= 0.6 is 23.5 Å². The molecule has 2 aromatic heterocycles. The molecule has 3 rings (SSSR count). The van der Waals surface area contributed by atoms with Gasteiger partial charge in [0.15, 0.2) is 17.7 Å². The highest BCUT2D eigenvalue weighted by molar-refractivity contribution is 7.61. The lowest BCUT2D eigenvalue weighted by molar-refractivity contribution is -0.137. The number of carbonyl (C=O) groups is 2. The summed E-state index contributed by atoms with van der Waals surface area (Å²) >= 11 is 0. The Morgan fingerprint density at radius 1 is 1.06 bits per heavy atom. The highest BCUT2D eigenvalue weighted by Gasteiger charge is 2.50. The summed E-state index contributed by atoms with van der Waals surface area (Å²) in [6.45, 7) is 5.99. The van der Waals surface area contributed by atoms with Gasteiger partial charge in [-0.25, -0.2) is 28.6 Å². The fourth-order valence-electron chi connectivity index (χ4n) is 4.56. The van der Waals surface area contributed by atoms with Gasteiger partial charge in [-0.1, -0.05) is 19.0 Å². The predicted octanol–water partition coefficient (Wildman–Crippen LogP) is -0.404. The number of rotatable bonds is 21. The maximum atomic E-state index is 12.7. The topological polar surface area (TPSA) is 368 Å². The van der Waals surface area contributed by atoms with E-state index in [-0.39, 0.29) is 42.6 Å². The van der Waals surface area contributed by atoms with Crippen LogP contribution in [-0.2, 0) is 50.7 Å². The summed E-state index contributed by atoms with van der Waals surface area (Å²) in [5.74, 6) is -1.40. The van der Waals surface area contributed by atoms with Crippen LogP contribution < -0.4 is 16.4 Å². The van der Waals surface area contributed by atoms with E-state index in [4.69, 9.17) is 24.4 Å². The smallest absolute Gasteiger partial charge is 0.393 e. The van der Waals surface area contributed by atoms with Crippen LogP contribution in [0, 0.1) is 5.41 Å². The third kappa shape index (κ3) is 13.6. The zero-order chi connectivity index (χ0) is 40.6. The number of hydrogen-bond acceptors (Lipinski definition) is 18. The van der Waals surface area contributed by atoms with E-state index in [1.54, 1.807) is 6.92 Å². The molecule has 2 aromatic rings. The highest BCUT2D eigenvalue weighted by atomic mass is 31.3. The van der Waals surface area contributed by atoms with Gasteiger partial charge < -0.3 is 55.7 Å². The van der Waals surface area contributed by atoms with Gasteiger partial charge in [0.2, 0.25) is 11.8 Å². The van der Waals surface area contributed by atoms with E-state index in [9.17, 15) is 53.1 Å². The first-order valence-electron chi connectivity index (χ1n) is 16.0. The molecule has 54 heavy (non-hydrogen) atoms. The van der Waals surface area contributed by atoms with Gasteiger partial charge in [-0.3, -0.25) is 27.7 Å². The Kier molecular flexibility index (Phi) is 15.8. The molecule has 1 saturated heterocycles. The van der Waals surface area contributed by atoms with Crippen LogP contribution in [0.15, 0.2) is 17.8 Å². The monoisotopic (exact) mass is 834 g/mol. The molecule has 0 radical (unpaired) electrons. The number of nitrogen functional groups attached to an aromatic ring is 1. The largest absolute Gasteiger partial charge is 0.481 e. The van der Waals surface area contributed by atoms with Gasteiger partial charge >= 0.3 is 23.5 Å². The lowest BCUT2D eigenvalue weighted by Crippen LogP contribution is -2.46. The van der Waals surface area contributed by atoms with E-state index in [0.717, 1.165) is 17.2 Å². The van der Waals surface area contributed by atoms with Crippen LogP contribution in [-0.4, -0.2) is 124 Å². The molecule has 3 heterocycles. The first-order chi connectivity index (χ1) is 24.9. The molecule has 0 aromatic carbocycles. The fourth-order valence-corrected chi connectivity index (χ4v) is 7.39. The Hall–Kier alpha value is -2.99. The van der Waals surface area contributed by atoms with Crippen molar-refractivity contribution in [3.05, 3.63) is 12.7 Å². The van der Waals surface area contributed by atoms with Crippen LogP contribution in [0.5, 0.6) is 0 Å². The average molecular weight is 835 g/mol. The number of fused-ring (bicyclic) bond motifs is 1. The van der Waals surface area contributed by atoms with E-state index in [2.05, 4.69) is 39.6 Å². The molecule has 10 N–H and O–H groups in total. The summed E-state index contributed by atoms with van der Waals surface area (Å²) in [6.07, 6.45) is -6.49. The van der Waals surface area contributed by atoms with Crippen molar-refractivity contribution in [1.82, 2.24) is 30.2 Å². The molecule has 28 heteroatoms. The number of aliphatic hydroxyl groups excluding tert-OH is 2. The Morgan fingerprint density at radius 3 is 2.35 bits per heavy atom. The number of aromatic nitrogens is 4. The average Bonchev–Trinajstić information content (AvgIpc) is 3.61. The molecule has 1 aliphatic heterocycles. The maximum Gasteiger partial charge on any atom is 0.481 e. The number of nitrogens with zero attached hydrogens (tertiary/aromatic N) is 5. The molecular weight excluding hydrogens is 789 g/mol. The number of aliphatic hydroxyl groups is 2. The Labute approximate surface area is 308 Å². The second-order valence-corrected chi connectivity index (χ2v) is 17.0. The van der Waals surface area contributed by atoms with Gasteiger partial charge in [-0.15, -0.1) is 0 Å². The number of anilines is 1. The minimum absolute atomic E-state index is 0.0341. The van der Waals surface area contributed by atoms with E-state index >= 15 is 0 Å². The number of hydrogen-bond donors (Lipinski definition) is 9. The molecule has 2 amide bonds. The predicted molar refractivity (Wildman–Crippen MR) is 184 cm³/mol. The Bertz CT molecular complexity index is 1790. The van der Waals surface area contributed by atoms with Crippen LogP contribution in [0.1, 0.15) is 53.7 Å². The van der Waals surface area contributed by atoms with Crippen molar-refractivity contribution in [3.8, 4) is 0 Å². The summed E-state index contributed by atoms with van der Waals surface area (Å²) in [5, 5.41) is 30.3. The van der Waals surface area contributed by atoms with Crippen LogP contribution in [0.25, 0.3) is 11.2 Å². The number of phosphoric acid groups is 3. The minimum atomic E-state index is -5.56. The molecule has 7 atom stereocenters. The van der Waals surface area contributed by atoms with Gasteiger partial charge in [0.1, 0.15) is 42.4 Å². The number of nitrogens with one attached hydrogen (secondary N) is 2. The lowest BCUT2D eigenvalue weighted by Gasteiger charge is -2.30. The maximum absolute atomic E-state index is 12.7. The molecule has 1 fully saturated rings. The SMILES string of the molecule is C/C(CCNC(=O)CCNC(=O)C(O)C(C)(C)COP(=O)(O)OP(=O)(O)OCC1OC(n2cnc3c(N)ncnc32)C(O)C1OP(=O)(O)O)=N\OC(C)C. The number of nitrogens with two attached hydrogens (primary N) is 1. The van der Waals surface area contributed by atoms with Crippen molar-refractivity contribution in [1.29, 1.82) is 0 Å². The second kappa shape index (κ2) is 18.8. The lowest BCUT2D eigenvalue weighted by atomic mass is 9.87. The number of phosphoric ester groups is 3. The molecule has 25 nitrogen and oxygen atoms in total. The van der Waals surface area contributed by atoms with Gasteiger partial charge in [-0.2, -0.15) is 4.31 Å². The zero-order valence-corrected chi connectivity index (χ0v) is 32.4. The number of oxime groups is 1. The molecule has 1 aliphatic rings. The van der Waals surface area contributed by atoms with Gasteiger partial charge in [0.05, 0.1) is 25.3 Å². The molecule has 306 valence electrons. The van der Waals surface area contributed by atoms with E-state index < -0.39 is 84.6 Å². The van der Waals surface area contributed by atoms with Gasteiger partial charge in [0, 0.05) is 31.3 Å². The second-order valence-electron chi connectivity index (χ2n) is 12.8. The van der Waals surface area contributed by atoms with Crippen molar-refractivity contribution in [3.63, 3.8) is 0 Å². The first kappa shape index (κ1) is 45.4. The number of ether oxygens (including phenoxy) is 1. The molecule has 0 spiro atoms. The normalized spacial score (nSPS) is 22.5. The van der Waals surface area contributed by atoms with Crippen molar-refractivity contribution in [2.75, 3.05) is 32.0 Å². The molecule has 0 saturated carbocycles. The standard InChI is InChI=1S/C26H45N8O17P3/c1-14(2)49-33-15(3)6-8-28-17(35)7-9-29-24(38)21(37)26(4,5)11-47-54(44,45)51-53(42,43)46-10-16-20(50-52(39,40)41)19(36)25(48-16)34-13-32-18-22(27)30-12-31-23(18)34/h12-14,16,19-21,25,36-37H,6-11H2,1-5H3,(H,28,35)(H,29,38)(H,42,43)(H,44,45)(H2,27,30,31)(H2,39,40,41)/b33-15+. The Morgan fingerprint density at radius 2 is 1.70 bits per heavy atom. The number of amides is 2. The van der Waals surface area contributed by atoms with E-state index in [0.29, 0.717) is 12.1 Å². The minimum Gasteiger partial charge on any atom is -0.393 e. The first-order valence-corrected chi connectivity index (χ1v) is 20.5. The van der Waals surface area contributed by atoms with E-state index in [1.165, 1.54) is 13.8 Å². The quantitative estimate of drug-likeness (QED) is 0.0438. The van der Waals surface area contributed by atoms with Crippen molar-refractivity contribution in [2.45, 2.75) is 84.2 Å². The fraction of sp³-hybridized carbons (Fsp3) is 0.692. The summed E-state index contributed by atoms with van der Waals surface area (Å²) in [5.41, 5.74) is 4.95. The number of imidazole rings is 1. The number of carbonyl (C=O) groups excluding carboxylic acids is 2. The van der Waals surface area contributed by atoms with Crippen molar-refractivity contribution >= 4 is 58.0 Å². The van der Waals surface area contributed by atoms with Gasteiger partial charge in [-0.05, 0) is 20.8 Å². The molecular formula is C26H45N8O17P3. The zero-order valence-electron chi connectivity index (χ0n) is 29.7. The third-order valence-corrected chi connectivity index (χ3v) is 10.4. The van der Waals surface area contributed by atoms with Gasteiger partial charge in [0.25, 0.3) is 0 Å². The van der Waals surface area contributed by atoms with Crippen LogP contribution in [0.3, 0.4) is 0 Å². The van der Waals surface area contributed by atoms with Crippen LogP contribution in [0.2, 0.25) is 0 Å². The Balaban J connectivity index is 1.52. The summed E-state index contributed by atoms with van der Waals surface area (Å²) in [4.78, 5) is 80.6. The third-order valence-electron chi connectivity index (χ3n) is 7.31. The summed E-state index contributed by atoms with van der Waals surface area (Å²) < 4.78 is 62.0. The summed E-state index contributed by atoms with van der Waals surface area (Å²) in [7, 11) is -16.4. The molecule has 7 unspecified atom stereocenters.